The number of hydrogen-bond donors (Lipinski definition) is 2. The number of aromatic hydroxyl groups is 2. The number of rotatable bonds is 1. The molecule has 0 saturated heterocycles. The highest BCUT2D eigenvalue weighted by atomic mass is 16.6. The smallest absolute Gasteiger partial charge is 0.209 e. The van der Waals surface area contributed by atoms with Gasteiger partial charge in [0.2, 0.25) is 6.41 Å². The normalized spacial score (nSPS) is 15.4. The van der Waals surface area contributed by atoms with E-state index in [-0.39, 0.29) is 33.2 Å². The number of benzene rings is 4. The minimum atomic E-state index is -0.176. The second-order valence-electron chi connectivity index (χ2n) is 21.2. The van der Waals surface area contributed by atoms with Crippen molar-refractivity contribution in [2.24, 2.45) is 0 Å². The van der Waals surface area contributed by atoms with Crippen molar-refractivity contribution in [2.75, 3.05) is 53.7 Å². The highest BCUT2D eigenvalue weighted by Gasteiger charge is 2.28. The van der Waals surface area contributed by atoms with Crippen molar-refractivity contribution in [3.05, 3.63) is 115 Å². The molecule has 6 rings (SSSR count). The molecule has 0 aromatic heterocycles. The van der Waals surface area contributed by atoms with Gasteiger partial charge in [0.05, 0.1) is 26.4 Å². The van der Waals surface area contributed by atoms with E-state index < -0.39 is 0 Å². The van der Waals surface area contributed by atoms with Crippen molar-refractivity contribution in [3.63, 3.8) is 0 Å². The molecule has 2 aliphatic rings. The Hall–Kier alpha value is -4.53. The van der Waals surface area contributed by atoms with Gasteiger partial charge in [-0.1, -0.05) is 132 Å². The Morgan fingerprint density at radius 1 is 0.426 bits per heavy atom. The zero-order valence-electron chi connectivity index (χ0n) is 39.7. The van der Waals surface area contributed by atoms with Gasteiger partial charge in [-0.25, -0.2) is 0 Å². The second-order valence-corrected chi connectivity index (χ2v) is 21.2. The van der Waals surface area contributed by atoms with E-state index in [0.29, 0.717) is 65.3 Å². The molecular formula is C53H73NO7. The Morgan fingerprint density at radius 3 is 0.885 bits per heavy atom. The number of ether oxygens (including phenoxy) is 4. The lowest BCUT2D eigenvalue weighted by Crippen LogP contribution is -2.17. The first-order valence-electron chi connectivity index (χ1n) is 21.9. The fraction of sp³-hybridized carbons (Fsp3) is 0.528. The van der Waals surface area contributed by atoms with Gasteiger partial charge >= 0.3 is 0 Å². The van der Waals surface area contributed by atoms with E-state index in [4.69, 9.17) is 18.9 Å². The number of phenolic OH excluding ortho intramolecular Hbond substituents is 2. The summed E-state index contributed by atoms with van der Waals surface area (Å²) < 4.78 is 25.5. The van der Waals surface area contributed by atoms with Gasteiger partial charge in [-0.3, -0.25) is 4.79 Å². The summed E-state index contributed by atoms with van der Waals surface area (Å²) in [5.74, 6) is 2.18. The van der Waals surface area contributed by atoms with E-state index in [1.165, 1.54) is 16.0 Å². The lowest BCUT2D eigenvalue weighted by molar-refractivity contribution is -0.115. The maximum atomic E-state index is 12.3. The predicted molar refractivity (Wildman–Crippen MR) is 248 cm³/mol. The Kier molecular flexibility index (Phi) is 14.7. The Labute approximate surface area is 366 Å². The molecule has 0 atom stereocenters. The quantitative estimate of drug-likeness (QED) is 0.162. The van der Waals surface area contributed by atoms with Gasteiger partial charge in [0, 0.05) is 39.8 Å². The first-order valence-corrected chi connectivity index (χ1v) is 21.9. The highest BCUT2D eigenvalue weighted by Crippen LogP contribution is 2.43. The van der Waals surface area contributed by atoms with Crippen LogP contribution in [0.15, 0.2) is 48.5 Å². The first kappa shape index (κ1) is 47.5. The Balaban J connectivity index is 0.00000133. The fourth-order valence-corrected chi connectivity index (χ4v) is 7.74. The van der Waals surface area contributed by atoms with E-state index in [2.05, 4.69) is 132 Å². The summed E-state index contributed by atoms with van der Waals surface area (Å²) in [7, 11) is 3.38. The number of hydrogen-bond acceptors (Lipinski definition) is 7. The van der Waals surface area contributed by atoms with Crippen LogP contribution in [0.1, 0.15) is 150 Å². The van der Waals surface area contributed by atoms with Crippen LogP contribution >= 0.6 is 0 Å². The molecule has 332 valence electrons. The number of amides is 1. The van der Waals surface area contributed by atoms with E-state index in [9.17, 15) is 15.0 Å². The molecule has 4 aromatic rings. The van der Waals surface area contributed by atoms with Crippen molar-refractivity contribution in [3.8, 4) is 23.0 Å². The van der Waals surface area contributed by atoms with Gasteiger partial charge in [-0.2, -0.15) is 0 Å². The molecule has 61 heavy (non-hydrogen) atoms. The minimum absolute atomic E-state index is 0.148. The molecule has 2 N–H and O–H groups in total. The third kappa shape index (κ3) is 12.1. The van der Waals surface area contributed by atoms with Crippen molar-refractivity contribution in [1.82, 2.24) is 4.90 Å². The van der Waals surface area contributed by atoms with Crippen LogP contribution in [0.4, 0.5) is 0 Å². The summed E-state index contributed by atoms with van der Waals surface area (Å²) >= 11 is 0. The third-order valence-electron chi connectivity index (χ3n) is 11.5. The van der Waals surface area contributed by atoms with Gasteiger partial charge in [0.15, 0.2) is 0 Å². The number of carbonyl (C=O) groups is 1. The lowest BCUT2D eigenvalue weighted by atomic mass is 9.79. The number of nitrogens with zero attached hydrogens (tertiary/aromatic N) is 1. The minimum Gasteiger partial charge on any atom is -0.507 e. The van der Waals surface area contributed by atoms with Gasteiger partial charge in [-0.05, 0) is 88.4 Å². The van der Waals surface area contributed by atoms with Crippen LogP contribution < -0.4 is 9.47 Å². The molecule has 0 unspecified atom stereocenters. The Bertz CT molecular complexity index is 2030. The maximum absolute atomic E-state index is 12.3. The van der Waals surface area contributed by atoms with Crippen LogP contribution in [-0.2, 0) is 61.6 Å². The zero-order valence-corrected chi connectivity index (χ0v) is 39.7. The van der Waals surface area contributed by atoms with Crippen LogP contribution in [0.5, 0.6) is 23.0 Å². The molecule has 8 nitrogen and oxygen atoms in total. The molecule has 8 heteroatoms. The van der Waals surface area contributed by atoms with Crippen molar-refractivity contribution < 1.29 is 34.0 Å². The fourth-order valence-electron chi connectivity index (χ4n) is 7.74. The number of carbonyl (C=O) groups excluding carboxylic acids is 1. The van der Waals surface area contributed by atoms with Crippen LogP contribution in [0.25, 0.3) is 0 Å². The van der Waals surface area contributed by atoms with Crippen molar-refractivity contribution in [1.29, 1.82) is 0 Å². The summed E-state index contributed by atoms with van der Waals surface area (Å²) in [6.45, 7) is 29.3. The molecule has 1 aliphatic carbocycles. The second kappa shape index (κ2) is 18.8. The molecule has 10 bridgehead atoms. The molecule has 0 spiro atoms. The maximum Gasteiger partial charge on any atom is 0.209 e. The largest absolute Gasteiger partial charge is 0.507 e. The molecule has 0 radical (unpaired) electrons. The summed E-state index contributed by atoms with van der Waals surface area (Å²) in [5.41, 5.74) is 11.5. The Morgan fingerprint density at radius 2 is 0.639 bits per heavy atom. The van der Waals surface area contributed by atoms with Crippen LogP contribution in [0.3, 0.4) is 0 Å². The molecule has 1 heterocycles. The molecule has 1 amide bonds. The van der Waals surface area contributed by atoms with Gasteiger partial charge in [0.25, 0.3) is 0 Å². The van der Waals surface area contributed by atoms with Gasteiger partial charge in [0.1, 0.15) is 36.2 Å². The lowest BCUT2D eigenvalue weighted by Gasteiger charge is -2.28. The molecule has 0 fully saturated rings. The average molecular weight is 836 g/mol. The van der Waals surface area contributed by atoms with E-state index >= 15 is 0 Å². The van der Waals surface area contributed by atoms with Crippen LogP contribution in [0, 0.1) is 0 Å². The predicted octanol–water partition coefficient (Wildman–Crippen LogP) is 10.5. The monoisotopic (exact) mass is 836 g/mol. The summed E-state index contributed by atoms with van der Waals surface area (Å²) in [5, 5.41) is 24.5. The van der Waals surface area contributed by atoms with Crippen molar-refractivity contribution in [2.45, 2.75) is 130 Å². The van der Waals surface area contributed by atoms with Crippen LogP contribution in [0.2, 0.25) is 0 Å². The van der Waals surface area contributed by atoms with E-state index in [0.717, 1.165) is 73.5 Å². The molecule has 1 aliphatic heterocycles. The summed E-state index contributed by atoms with van der Waals surface area (Å²) in [6, 6.07) is 17.7. The summed E-state index contributed by atoms with van der Waals surface area (Å²) in [6.07, 6.45) is 2.64. The van der Waals surface area contributed by atoms with Crippen LogP contribution in [-0.4, -0.2) is 75.3 Å². The first-order chi connectivity index (χ1) is 28.4. The van der Waals surface area contributed by atoms with Gasteiger partial charge in [-0.15, -0.1) is 0 Å². The topological polar surface area (TPSA) is 97.7 Å². The number of fused-ring (bicyclic) bond motifs is 4. The van der Waals surface area contributed by atoms with Gasteiger partial charge < -0.3 is 34.1 Å². The standard InChI is InChI=1S/C50H66O6.C3H7NO/c1-47(2,3)39-23-31-19-32-24-40(48(4,5)6)26-34(44(32)52)21-36-28-42(50(10,11)12)30-38-22-37-29-41(49(7,8)9)27-35(20-33(25-39)43(31)51)45(37)55-17-15-53-13-14-54-16-18-56-46(36)38;1-4(2)3-5/h23-30,51-52H,13-22H2,1-12H3;3H,1-2H3. The molecule has 0 saturated carbocycles. The number of phenols is 2. The molecular weight excluding hydrogens is 763 g/mol. The third-order valence-corrected chi connectivity index (χ3v) is 11.5. The summed E-state index contributed by atoms with van der Waals surface area (Å²) in [4.78, 5) is 10.9. The zero-order chi connectivity index (χ0) is 45.1. The molecule has 4 aromatic carbocycles. The average Bonchev–Trinajstić information content (AvgIpc) is 3.15. The van der Waals surface area contributed by atoms with E-state index in [1.807, 2.05) is 0 Å². The SMILES string of the molecule is CC(C)(C)c1cc2c(O)c(c1)Cc1cc(C(C)(C)C)cc3c1OCCOCCOCCOc1c(cc(C(C)(C)C)cc1C3)Cc1cc(C(C)(C)C)cc(c1O)C2.CN(C)C=O. The van der Waals surface area contributed by atoms with E-state index in [1.54, 1.807) is 14.1 Å². The van der Waals surface area contributed by atoms with Crippen molar-refractivity contribution >= 4 is 6.41 Å². The highest BCUT2D eigenvalue weighted by molar-refractivity contribution is 5.59.